The van der Waals surface area contributed by atoms with Gasteiger partial charge < -0.3 is 9.47 Å². The van der Waals surface area contributed by atoms with E-state index in [0.29, 0.717) is 17.0 Å². The van der Waals surface area contributed by atoms with Gasteiger partial charge in [0, 0.05) is 11.1 Å². The van der Waals surface area contributed by atoms with Gasteiger partial charge in [0.25, 0.3) is 0 Å². The topological polar surface area (TPSA) is 52.6 Å². The highest BCUT2D eigenvalue weighted by molar-refractivity contribution is 6.25. The molecule has 1 aliphatic heterocycles. The number of carbonyl (C=O) groups excluding carboxylic acids is 2. The molecule has 0 spiro atoms. The molecule has 136 valence electrons. The van der Waals surface area contributed by atoms with Crippen LogP contribution in [0.3, 0.4) is 0 Å². The summed E-state index contributed by atoms with van der Waals surface area (Å²) in [5, 5.41) is 0. The van der Waals surface area contributed by atoms with Crippen molar-refractivity contribution in [3.8, 4) is 0 Å². The fraction of sp³-hybridized carbons (Fsp3) is 0.545. The molecule has 3 aliphatic carbocycles. The van der Waals surface area contributed by atoms with Gasteiger partial charge in [0.1, 0.15) is 12.2 Å². The fourth-order valence-corrected chi connectivity index (χ4v) is 5.27. The summed E-state index contributed by atoms with van der Waals surface area (Å²) in [7, 11) is 0. The second-order valence-electron chi connectivity index (χ2n) is 8.15. The van der Waals surface area contributed by atoms with E-state index >= 15 is 0 Å². The Morgan fingerprint density at radius 1 is 0.692 bits per heavy atom. The number of ether oxygens (including phenoxy) is 2. The van der Waals surface area contributed by atoms with Crippen LogP contribution in [0.1, 0.15) is 72.1 Å². The zero-order chi connectivity index (χ0) is 17.7. The van der Waals surface area contributed by atoms with Crippen LogP contribution < -0.4 is 0 Å². The summed E-state index contributed by atoms with van der Waals surface area (Å²) in [4.78, 5) is 25.6. The first-order chi connectivity index (χ1) is 12.7. The Kier molecular flexibility index (Phi) is 3.87. The summed E-state index contributed by atoms with van der Waals surface area (Å²) >= 11 is 0. The molecule has 1 aromatic rings. The zero-order valence-corrected chi connectivity index (χ0v) is 14.9. The van der Waals surface area contributed by atoms with E-state index in [4.69, 9.17) is 9.47 Å². The summed E-state index contributed by atoms with van der Waals surface area (Å²) in [6, 6.07) is 6.94. The Balaban J connectivity index is 1.40. The molecule has 4 nitrogen and oxygen atoms in total. The molecule has 0 N–H and O–H groups in total. The van der Waals surface area contributed by atoms with Gasteiger partial charge in [-0.25, -0.2) is 0 Å². The minimum Gasteiger partial charge on any atom is -0.479 e. The molecule has 5 rings (SSSR count). The van der Waals surface area contributed by atoms with Gasteiger partial charge in [-0.3, -0.25) is 9.59 Å². The summed E-state index contributed by atoms with van der Waals surface area (Å²) in [5.41, 5.74) is 0.854. The number of hydrogen-bond acceptors (Lipinski definition) is 4. The molecule has 4 heteroatoms. The molecular weight excluding hydrogens is 328 g/mol. The second kappa shape index (κ2) is 6.26. The maximum absolute atomic E-state index is 12.8. The molecule has 2 saturated carbocycles. The van der Waals surface area contributed by atoms with Crippen molar-refractivity contribution in [3.05, 3.63) is 46.9 Å². The first-order valence-electron chi connectivity index (χ1n) is 9.98. The maximum atomic E-state index is 12.8. The molecule has 4 aliphatic rings. The minimum absolute atomic E-state index is 0.101. The highest BCUT2D eigenvalue weighted by atomic mass is 16.6. The third-order valence-corrected chi connectivity index (χ3v) is 6.66. The molecule has 0 saturated heterocycles. The Bertz CT molecular complexity index is 787. The van der Waals surface area contributed by atoms with Crippen LogP contribution in [0, 0.1) is 11.8 Å². The average Bonchev–Trinajstić information content (AvgIpc) is 2.71. The van der Waals surface area contributed by atoms with E-state index in [-0.39, 0.29) is 35.3 Å². The molecule has 3 unspecified atom stereocenters. The van der Waals surface area contributed by atoms with Crippen LogP contribution in [0.25, 0.3) is 0 Å². The van der Waals surface area contributed by atoms with Crippen LogP contribution >= 0.6 is 0 Å². The standard InChI is InChI=1S/C22H24O4/c23-19-15-8-4-5-9-16(15)20(24)22-21(19)25-17-11-10-14(12-18(17)26-22)13-6-2-1-3-7-13/h4-5,8-9,13-14,17-18H,1-3,6-7,10-12H2. The Morgan fingerprint density at radius 2 is 1.31 bits per heavy atom. The Morgan fingerprint density at radius 3 is 1.96 bits per heavy atom. The number of Topliss-reactive ketones (excluding diaryl/α,β-unsaturated/α-hetero) is 2. The Labute approximate surface area is 153 Å². The molecule has 0 radical (unpaired) electrons. The van der Waals surface area contributed by atoms with E-state index in [1.807, 2.05) is 0 Å². The smallest absolute Gasteiger partial charge is 0.232 e. The van der Waals surface area contributed by atoms with Crippen LogP contribution in [0.15, 0.2) is 35.8 Å². The summed E-state index contributed by atoms with van der Waals surface area (Å²) in [6.45, 7) is 0. The van der Waals surface area contributed by atoms with Crippen LogP contribution in [0.5, 0.6) is 0 Å². The lowest BCUT2D eigenvalue weighted by molar-refractivity contribution is -0.0948. The zero-order valence-electron chi connectivity index (χ0n) is 14.9. The SMILES string of the molecule is O=C1C2=C(OC3CC(C4CCCCC4)CCC3O2)C(=O)c2ccccc21. The quantitative estimate of drug-likeness (QED) is 0.750. The number of allylic oxidation sites excluding steroid dienone is 2. The molecule has 3 atom stereocenters. The van der Waals surface area contributed by atoms with E-state index in [1.54, 1.807) is 24.3 Å². The summed E-state index contributed by atoms with van der Waals surface area (Å²) in [6.07, 6.45) is 9.46. The lowest BCUT2D eigenvalue weighted by atomic mass is 9.71. The van der Waals surface area contributed by atoms with E-state index < -0.39 is 0 Å². The summed E-state index contributed by atoms with van der Waals surface area (Å²) < 4.78 is 12.2. The predicted octanol–water partition coefficient (Wildman–Crippen LogP) is 4.44. The molecule has 0 bridgehead atoms. The van der Waals surface area contributed by atoms with Gasteiger partial charge in [-0.1, -0.05) is 56.4 Å². The first-order valence-corrected chi connectivity index (χ1v) is 9.98. The van der Waals surface area contributed by atoms with Crippen molar-refractivity contribution in [2.75, 3.05) is 0 Å². The molecule has 26 heavy (non-hydrogen) atoms. The predicted molar refractivity (Wildman–Crippen MR) is 95.8 cm³/mol. The molecule has 1 aromatic carbocycles. The van der Waals surface area contributed by atoms with Crippen LogP contribution in [-0.4, -0.2) is 23.8 Å². The van der Waals surface area contributed by atoms with Crippen molar-refractivity contribution in [2.24, 2.45) is 11.8 Å². The van der Waals surface area contributed by atoms with Crippen molar-refractivity contribution >= 4 is 11.6 Å². The van der Waals surface area contributed by atoms with E-state index in [9.17, 15) is 9.59 Å². The van der Waals surface area contributed by atoms with E-state index in [2.05, 4.69) is 0 Å². The largest absolute Gasteiger partial charge is 0.479 e. The highest BCUT2D eigenvalue weighted by Gasteiger charge is 2.46. The van der Waals surface area contributed by atoms with Gasteiger partial charge >= 0.3 is 0 Å². The number of hydrogen-bond donors (Lipinski definition) is 0. The molecule has 0 aromatic heterocycles. The number of carbonyl (C=O) groups is 2. The third-order valence-electron chi connectivity index (χ3n) is 6.66. The van der Waals surface area contributed by atoms with Gasteiger partial charge in [0.05, 0.1) is 0 Å². The van der Waals surface area contributed by atoms with Crippen molar-refractivity contribution in [3.63, 3.8) is 0 Å². The maximum Gasteiger partial charge on any atom is 0.232 e. The molecule has 1 heterocycles. The summed E-state index contributed by atoms with van der Waals surface area (Å²) in [5.74, 6) is 1.28. The average molecular weight is 352 g/mol. The van der Waals surface area contributed by atoms with Crippen molar-refractivity contribution in [1.82, 2.24) is 0 Å². The fourth-order valence-electron chi connectivity index (χ4n) is 5.27. The van der Waals surface area contributed by atoms with Gasteiger partial charge in [-0.2, -0.15) is 0 Å². The number of rotatable bonds is 1. The van der Waals surface area contributed by atoms with Crippen molar-refractivity contribution in [1.29, 1.82) is 0 Å². The van der Waals surface area contributed by atoms with Crippen LogP contribution in [-0.2, 0) is 9.47 Å². The van der Waals surface area contributed by atoms with E-state index in [0.717, 1.165) is 25.2 Å². The third kappa shape index (κ3) is 2.50. The number of benzene rings is 1. The number of fused-ring (bicyclic) bond motifs is 2. The van der Waals surface area contributed by atoms with Crippen LogP contribution in [0.2, 0.25) is 0 Å². The lowest BCUT2D eigenvalue weighted by Gasteiger charge is -2.43. The van der Waals surface area contributed by atoms with Gasteiger partial charge in [0.15, 0.2) is 0 Å². The van der Waals surface area contributed by atoms with E-state index in [1.165, 1.54) is 32.1 Å². The van der Waals surface area contributed by atoms with Crippen LogP contribution in [0.4, 0.5) is 0 Å². The second-order valence-corrected chi connectivity index (χ2v) is 8.15. The lowest BCUT2D eigenvalue weighted by Crippen LogP contribution is -2.45. The Hall–Kier alpha value is -2.10. The van der Waals surface area contributed by atoms with Gasteiger partial charge in [-0.05, 0) is 31.1 Å². The first kappa shape index (κ1) is 16.1. The van der Waals surface area contributed by atoms with Gasteiger partial charge in [0.2, 0.25) is 23.1 Å². The highest BCUT2D eigenvalue weighted by Crippen LogP contribution is 2.44. The normalized spacial score (nSPS) is 31.5. The minimum atomic E-state index is -0.219. The molecule has 0 amide bonds. The molecular formula is C22H24O4. The van der Waals surface area contributed by atoms with Crippen molar-refractivity contribution < 1.29 is 19.1 Å². The molecule has 2 fully saturated rings. The number of ketones is 2. The monoisotopic (exact) mass is 352 g/mol. The van der Waals surface area contributed by atoms with Gasteiger partial charge in [-0.15, -0.1) is 0 Å². The van der Waals surface area contributed by atoms with Crippen molar-refractivity contribution in [2.45, 2.75) is 63.6 Å².